The van der Waals surface area contributed by atoms with Crippen molar-refractivity contribution in [3.8, 4) is 34.3 Å². The zero-order chi connectivity index (χ0) is 45.7. The molecule has 5 aromatic heterocycles. The number of halogens is 3. The predicted molar refractivity (Wildman–Crippen MR) is 270 cm³/mol. The fraction of sp³-hybridized carbons (Fsp3) is 0.153. The monoisotopic (exact) mass is 1220 g/mol. The molecule has 0 amide bonds. The van der Waals surface area contributed by atoms with Crippen LogP contribution in [-0.4, -0.2) is 36.8 Å². The molecule has 0 aliphatic carbocycles. The van der Waals surface area contributed by atoms with E-state index in [1.807, 2.05) is 12.3 Å². The Morgan fingerprint density at radius 3 is 1.88 bits per heavy atom. The van der Waals surface area contributed by atoms with Gasteiger partial charge in [0.1, 0.15) is 5.82 Å². The number of benzene rings is 7. The maximum absolute atomic E-state index is 6.96. The fourth-order valence-electron chi connectivity index (χ4n) is 9.85. The van der Waals surface area contributed by atoms with Crippen molar-refractivity contribution in [2.75, 3.05) is 13.3 Å². The standard InChI is InChI=1S/C59H49I3N5O/c1-4-29-60-38-33-48(61-30-5-2)57(49(34-38)62-31-6-3)54-37-64-59-47-35-40(23-25-42(47)43-18-10-12-20-50(43)66(54)59)68-41-24-26-44-45-27-28-52-56(58(45)67(53(44)36-41)55-22-14-15-32-63-55)46-19-11-13-21-51(46)65(52)39-16-8-7-9-17-39/h7-28,32-37H,4-6,29-31H2,1-3H3/q-3. The first-order valence-electron chi connectivity index (χ1n) is 23.6. The van der Waals surface area contributed by atoms with E-state index in [1.165, 1.54) is 81.8 Å². The number of nitrogens with zero attached hydrogens (tertiary/aromatic N) is 5. The van der Waals surface area contributed by atoms with Crippen LogP contribution >= 0.6 is 0 Å². The number of imidazole rings is 1. The molecule has 0 aliphatic rings. The molecule has 0 fully saturated rings. The van der Waals surface area contributed by atoms with Gasteiger partial charge in [-0.2, -0.15) is 0 Å². The van der Waals surface area contributed by atoms with Crippen molar-refractivity contribution in [3.05, 3.63) is 181 Å². The number of aromatic nitrogens is 5. The van der Waals surface area contributed by atoms with Gasteiger partial charge in [0.05, 0.1) is 16.6 Å². The van der Waals surface area contributed by atoms with E-state index in [4.69, 9.17) is 14.7 Å². The number of fused-ring (bicyclic) bond motifs is 13. The van der Waals surface area contributed by atoms with Gasteiger partial charge in [0.15, 0.2) is 0 Å². The quantitative estimate of drug-likeness (QED) is 0.0800. The zero-order valence-corrected chi connectivity index (χ0v) is 44.7. The number of ether oxygens (including phenoxy) is 1. The SMILES string of the molecule is CCC[I-]c1cc([I-]CCC)c(-c2cnc3c4cc(Oc5ccc6c7ccc8c(c9ccccc9n8-c8ccccc8)c7n(-c7ccccn7)c6c5)ccc4c4ccccc4n23)c([I-]CCC)c1. The first kappa shape index (κ1) is 43.7. The summed E-state index contributed by atoms with van der Waals surface area (Å²) in [6, 6.07) is 57.4. The molecule has 0 atom stereocenters. The van der Waals surface area contributed by atoms with Crippen molar-refractivity contribution < 1.29 is 68.4 Å². The van der Waals surface area contributed by atoms with Crippen molar-refractivity contribution in [1.82, 2.24) is 23.5 Å². The van der Waals surface area contributed by atoms with E-state index in [-0.39, 0.29) is 63.6 Å². The molecular formula is C59H49I3N5O-3. The van der Waals surface area contributed by atoms with Crippen LogP contribution in [0.5, 0.6) is 11.5 Å². The first-order valence-corrected chi connectivity index (χ1v) is 31.4. The van der Waals surface area contributed by atoms with E-state index in [1.54, 1.807) is 10.7 Å². The van der Waals surface area contributed by atoms with Crippen LogP contribution in [0.2, 0.25) is 0 Å². The van der Waals surface area contributed by atoms with E-state index in [0.29, 0.717) is 0 Å². The average molecular weight is 1220 g/mol. The van der Waals surface area contributed by atoms with Crippen LogP contribution in [0.25, 0.3) is 93.7 Å². The Morgan fingerprint density at radius 1 is 0.485 bits per heavy atom. The summed E-state index contributed by atoms with van der Waals surface area (Å²) in [4.78, 5) is 10.3. The van der Waals surface area contributed by atoms with Gasteiger partial charge < -0.3 is 4.57 Å². The second-order valence-corrected chi connectivity index (χ2v) is 26.2. The van der Waals surface area contributed by atoms with Crippen LogP contribution in [0, 0.1) is 10.7 Å². The van der Waals surface area contributed by atoms with Crippen molar-refractivity contribution in [3.63, 3.8) is 0 Å². The average Bonchev–Trinajstić information content (AvgIpc) is 4.08. The molecule has 7 aromatic carbocycles. The zero-order valence-electron chi connectivity index (χ0n) is 38.2. The molecule has 0 saturated carbocycles. The molecule has 9 heteroatoms. The number of pyridine rings is 2. The predicted octanol–water partition coefficient (Wildman–Crippen LogP) is 5.70. The molecule has 0 aliphatic heterocycles. The third-order valence-corrected chi connectivity index (χ3v) is 22.4. The van der Waals surface area contributed by atoms with Crippen LogP contribution in [-0.2, 0) is 0 Å². The Labute approximate surface area is 427 Å². The number of hydrogen-bond acceptors (Lipinski definition) is 3. The number of para-hydroxylation sites is 3. The van der Waals surface area contributed by atoms with E-state index < -0.39 is 0 Å². The van der Waals surface area contributed by atoms with Crippen molar-refractivity contribution in [1.29, 1.82) is 0 Å². The van der Waals surface area contributed by atoms with Gasteiger partial charge in [-0.05, 0) is 36.4 Å². The minimum atomic E-state index is -0.134. The topological polar surface area (TPSA) is 49.3 Å². The summed E-state index contributed by atoms with van der Waals surface area (Å²) in [5, 5.41) is 8.22. The molecule has 12 rings (SSSR count). The van der Waals surface area contributed by atoms with Gasteiger partial charge in [-0.15, -0.1) is 0 Å². The van der Waals surface area contributed by atoms with Gasteiger partial charge in [-0.25, -0.2) is 4.98 Å². The molecule has 0 saturated heterocycles. The van der Waals surface area contributed by atoms with Gasteiger partial charge in [-0.1, -0.05) is 48.5 Å². The van der Waals surface area contributed by atoms with Gasteiger partial charge in [-0.3, -0.25) is 4.57 Å². The third-order valence-electron chi connectivity index (χ3n) is 12.6. The molecule has 6 nitrogen and oxygen atoms in total. The van der Waals surface area contributed by atoms with Crippen LogP contribution in [0.15, 0.2) is 170 Å². The Morgan fingerprint density at radius 2 is 1.13 bits per heavy atom. The summed E-state index contributed by atoms with van der Waals surface area (Å²) in [5.74, 6) is 2.40. The molecule has 0 bridgehead atoms. The second-order valence-electron chi connectivity index (χ2n) is 17.1. The Kier molecular flexibility index (Phi) is 12.1. The first-order chi connectivity index (χ1) is 33.6. The summed E-state index contributed by atoms with van der Waals surface area (Å²) in [6.45, 7) is 7.02. The molecule has 0 spiro atoms. The molecule has 0 unspecified atom stereocenters. The molecule has 68 heavy (non-hydrogen) atoms. The Balaban J connectivity index is 1.03. The van der Waals surface area contributed by atoms with Gasteiger partial charge in [0.2, 0.25) is 0 Å². The maximum atomic E-state index is 6.96. The van der Waals surface area contributed by atoms with Crippen molar-refractivity contribution >= 4 is 70.9 Å². The number of rotatable bonds is 14. The summed E-state index contributed by atoms with van der Waals surface area (Å²) in [7, 11) is 0. The summed E-state index contributed by atoms with van der Waals surface area (Å²) in [5.41, 5.74) is 10.5. The molecule has 5 heterocycles. The second kappa shape index (κ2) is 18.8. The van der Waals surface area contributed by atoms with E-state index in [0.717, 1.165) is 56.0 Å². The minimum absolute atomic E-state index is 0.0181. The van der Waals surface area contributed by atoms with Gasteiger partial charge in [0, 0.05) is 33.4 Å². The molecule has 0 N–H and O–H groups in total. The molecular weight excluding hydrogens is 1180 g/mol. The molecule has 340 valence electrons. The van der Waals surface area contributed by atoms with E-state index in [2.05, 4.69) is 192 Å². The molecule has 0 radical (unpaired) electrons. The van der Waals surface area contributed by atoms with E-state index >= 15 is 0 Å². The summed E-state index contributed by atoms with van der Waals surface area (Å²) in [6.07, 6.45) is 7.79. The van der Waals surface area contributed by atoms with Gasteiger partial charge in [0.25, 0.3) is 0 Å². The third kappa shape index (κ3) is 7.54. The molecule has 12 aromatic rings. The van der Waals surface area contributed by atoms with E-state index in [9.17, 15) is 0 Å². The van der Waals surface area contributed by atoms with Crippen LogP contribution in [0.4, 0.5) is 0 Å². The van der Waals surface area contributed by atoms with Gasteiger partial charge >= 0.3 is 276 Å². The van der Waals surface area contributed by atoms with Crippen LogP contribution < -0.4 is 68.4 Å². The summed E-state index contributed by atoms with van der Waals surface area (Å²) >= 11 is -0.250. The van der Waals surface area contributed by atoms with Crippen molar-refractivity contribution in [2.45, 2.75) is 40.0 Å². The fourth-order valence-corrected chi connectivity index (χ4v) is 19.0. The Bertz CT molecular complexity index is 3830. The number of alkyl halides is 3. The Hall–Kier alpha value is -5.51. The van der Waals surface area contributed by atoms with Crippen molar-refractivity contribution in [2.24, 2.45) is 0 Å². The normalized spacial score (nSPS) is 12.2. The number of hydrogen-bond donors (Lipinski definition) is 0. The summed E-state index contributed by atoms with van der Waals surface area (Å²) < 4.78 is 23.0. The van der Waals surface area contributed by atoms with Crippen LogP contribution in [0.1, 0.15) is 40.0 Å². The van der Waals surface area contributed by atoms with Crippen LogP contribution in [0.3, 0.4) is 0 Å².